The molecule has 0 N–H and O–H groups in total. The first kappa shape index (κ1) is 13.9. The van der Waals surface area contributed by atoms with Crippen LogP contribution in [0.4, 0.5) is 13.2 Å². The molecule has 0 aliphatic heterocycles. The average Bonchev–Trinajstić information content (AvgIpc) is 1.97. The van der Waals surface area contributed by atoms with Gasteiger partial charge in [-0.3, -0.25) is 4.79 Å². The fraction of sp³-hybridized carbons (Fsp3) is 0.778. The van der Waals surface area contributed by atoms with E-state index in [0.717, 1.165) is 0 Å². The molecule has 0 spiro atoms. The molecule has 6 heteroatoms. The second-order valence-corrected chi connectivity index (χ2v) is 4.32. The Balaban J connectivity index is 4.02. The number of halogens is 3. The SMILES string of the molecule is CC(C)(C)CCC(=O)OC(=O)C(F)(F)F. The van der Waals surface area contributed by atoms with E-state index in [0.29, 0.717) is 6.42 Å². The number of hydrogen-bond acceptors (Lipinski definition) is 3. The number of ether oxygens (including phenoxy) is 1. The van der Waals surface area contributed by atoms with Gasteiger partial charge >= 0.3 is 18.1 Å². The molecule has 0 bridgehead atoms. The molecule has 0 aromatic heterocycles. The molecular weight excluding hydrogens is 213 g/mol. The first-order valence-corrected chi connectivity index (χ1v) is 4.34. The lowest BCUT2D eigenvalue weighted by molar-refractivity contribution is -0.202. The highest BCUT2D eigenvalue weighted by molar-refractivity contribution is 5.88. The quantitative estimate of drug-likeness (QED) is 0.536. The molecule has 0 saturated carbocycles. The van der Waals surface area contributed by atoms with Crippen LogP contribution in [0.5, 0.6) is 0 Å². The number of carbonyl (C=O) groups is 2. The normalized spacial score (nSPS) is 12.4. The monoisotopic (exact) mass is 226 g/mol. The summed E-state index contributed by atoms with van der Waals surface area (Å²) in [6, 6.07) is 0. The molecule has 15 heavy (non-hydrogen) atoms. The molecule has 0 amide bonds. The summed E-state index contributed by atoms with van der Waals surface area (Å²) >= 11 is 0. The zero-order valence-electron chi connectivity index (χ0n) is 8.77. The third-order valence-corrected chi connectivity index (χ3v) is 1.52. The molecule has 0 aliphatic carbocycles. The van der Waals surface area contributed by atoms with Gasteiger partial charge in [-0.05, 0) is 11.8 Å². The van der Waals surface area contributed by atoms with Crippen LogP contribution in [0, 0.1) is 5.41 Å². The smallest absolute Gasteiger partial charge is 0.386 e. The molecule has 0 aromatic rings. The van der Waals surface area contributed by atoms with Crippen LogP contribution in [-0.2, 0) is 14.3 Å². The second-order valence-electron chi connectivity index (χ2n) is 4.32. The topological polar surface area (TPSA) is 43.4 Å². The van der Waals surface area contributed by atoms with Crippen LogP contribution in [0.3, 0.4) is 0 Å². The standard InChI is InChI=1S/C9H13F3O3/c1-8(2,3)5-4-6(13)15-7(14)9(10,11)12/h4-5H2,1-3H3. The molecule has 0 saturated heterocycles. The number of hydrogen-bond donors (Lipinski definition) is 0. The van der Waals surface area contributed by atoms with Gasteiger partial charge in [-0.1, -0.05) is 20.8 Å². The van der Waals surface area contributed by atoms with E-state index in [9.17, 15) is 22.8 Å². The molecule has 3 nitrogen and oxygen atoms in total. The summed E-state index contributed by atoms with van der Waals surface area (Å²) in [7, 11) is 0. The van der Waals surface area contributed by atoms with E-state index in [4.69, 9.17) is 0 Å². The summed E-state index contributed by atoms with van der Waals surface area (Å²) in [5.41, 5.74) is -0.194. The Hall–Kier alpha value is -1.07. The predicted molar refractivity (Wildman–Crippen MR) is 45.8 cm³/mol. The molecule has 0 atom stereocenters. The van der Waals surface area contributed by atoms with Crippen LogP contribution in [0.15, 0.2) is 0 Å². The van der Waals surface area contributed by atoms with Crippen molar-refractivity contribution in [2.75, 3.05) is 0 Å². The van der Waals surface area contributed by atoms with Gasteiger partial charge in [-0.25, -0.2) is 4.79 Å². The Morgan fingerprint density at radius 2 is 1.60 bits per heavy atom. The Kier molecular flexibility index (Phi) is 4.30. The van der Waals surface area contributed by atoms with Crippen LogP contribution >= 0.6 is 0 Å². The first-order chi connectivity index (χ1) is 6.52. The summed E-state index contributed by atoms with van der Waals surface area (Å²) in [6.45, 7) is 5.48. The fourth-order valence-electron chi connectivity index (χ4n) is 0.689. The molecule has 0 aromatic carbocycles. The number of rotatable bonds is 2. The van der Waals surface area contributed by atoms with Crippen molar-refractivity contribution in [3.05, 3.63) is 0 Å². The molecule has 0 aliphatic rings. The van der Waals surface area contributed by atoms with Crippen molar-refractivity contribution < 1.29 is 27.5 Å². The maximum Gasteiger partial charge on any atom is 0.491 e. The van der Waals surface area contributed by atoms with Crippen LogP contribution in [0.25, 0.3) is 0 Å². The highest BCUT2D eigenvalue weighted by Crippen LogP contribution is 2.22. The van der Waals surface area contributed by atoms with Crippen molar-refractivity contribution >= 4 is 11.9 Å². The minimum absolute atomic E-state index is 0.194. The Labute approximate surface area is 85.6 Å². The number of esters is 2. The van der Waals surface area contributed by atoms with Crippen molar-refractivity contribution in [3.63, 3.8) is 0 Å². The molecule has 0 rings (SSSR count). The predicted octanol–water partition coefficient (Wildman–Crippen LogP) is 2.44. The molecular formula is C9H13F3O3. The van der Waals surface area contributed by atoms with E-state index in [2.05, 4.69) is 4.74 Å². The van der Waals surface area contributed by atoms with Crippen molar-refractivity contribution in [2.24, 2.45) is 5.41 Å². The van der Waals surface area contributed by atoms with Gasteiger partial charge in [-0.2, -0.15) is 13.2 Å². The van der Waals surface area contributed by atoms with Gasteiger partial charge < -0.3 is 4.74 Å². The third-order valence-electron chi connectivity index (χ3n) is 1.52. The highest BCUT2D eigenvalue weighted by Gasteiger charge is 2.42. The van der Waals surface area contributed by atoms with Crippen molar-refractivity contribution in [2.45, 2.75) is 39.8 Å². The Morgan fingerprint density at radius 1 is 1.13 bits per heavy atom. The van der Waals surface area contributed by atoms with Crippen LogP contribution in [0.1, 0.15) is 33.6 Å². The first-order valence-electron chi connectivity index (χ1n) is 4.34. The number of carbonyl (C=O) groups excluding carboxylic acids is 2. The Morgan fingerprint density at radius 3 is 1.93 bits per heavy atom. The maximum absolute atomic E-state index is 11.7. The van der Waals surface area contributed by atoms with E-state index in [-0.39, 0.29) is 11.8 Å². The second kappa shape index (κ2) is 4.63. The van der Waals surface area contributed by atoms with E-state index >= 15 is 0 Å². The van der Waals surface area contributed by atoms with E-state index in [1.54, 1.807) is 0 Å². The number of alkyl halides is 3. The van der Waals surface area contributed by atoms with Crippen LogP contribution < -0.4 is 0 Å². The maximum atomic E-state index is 11.7. The largest absolute Gasteiger partial charge is 0.491 e. The van der Waals surface area contributed by atoms with Gasteiger partial charge in [0, 0.05) is 6.42 Å². The molecule has 88 valence electrons. The van der Waals surface area contributed by atoms with Crippen molar-refractivity contribution in [1.29, 1.82) is 0 Å². The summed E-state index contributed by atoms with van der Waals surface area (Å²) in [5.74, 6) is -3.60. The van der Waals surface area contributed by atoms with E-state index < -0.39 is 18.1 Å². The van der Waals surface area contributed by atoms with Crippen molar-refractivity contribution in [1.82, 2.24) is 0 Å². The zero-order valence-corrected chi connectivity index (χ0v) is 8.77. The lowest BCUT2D eigenvalue weighted by Crippen LogP contribution is -2.28. The summed E-state index contributed by atoms with van der Waals surface area (Å²) in [5, 5.41) is 0. The third kappa shape index (κ3) is 6.93. The van der Waals surface area contributed by atoms with Gasteiger partial charge in [0.2, 0.25) is 0 Å². The lowest BCUT2D eigenvalue weighted by Gasteiger charge is -2.16. The van der Waals surface area contributed by atoms with E-state index in [1.165, 1.54) is 0 Å². The molecule has 0 fully saturated rings. The van der Waals surface area contributed by atoms with Crippen LogP contribution in [-0.4, -0.2) is 18.1 Å². The van der Waals surface area contributed by atoms with Gasteiger partial charge in [0.25, 0.3) is 0 Å². The van der Waals surface area contributed by atoms with Crippen LogP contribution in [0.2, 0.25) is 0 Å². The van der Waals surface area contributed by atoms with Gasteiger partial charge in [-0.15, -0.1) is 0 Å². The Bertz CT molecular complexity index is 250. The summed E-state index contributed by atoms with van der Waals surface area (Å²) < 4.78 is 38.6. The minimum Gasteiger partial charge on any atom is -0.386 e. The average molecular weight is 226 g/mol. The van der Waals surface area contributed by atoms with E-state index in [1.807, 2.05) is 20.8 Å². The lowest BCUT2D eigenvalue weighted by atomic mass is 9.91. The fourth-order valence-corrected chi connectivity index (χ4v) is 0.689. The zero-order chi connectivity index (χ0) is 12.3. The minimum atomic E-state index is -5.11. The van der Waals surface area contributed by atoms with Gasteiger partial charge in [0.15, 0.2) is 0 Å². The van der Waals surface area contributed by atoms with Crippen molar-refractivity contribution in [3.8, 4) is 0 Å². The summed E-state index contributed by atoms with van der Waals surface area (Å²) in [6.07, 6.45) is -4.96. The highest BCUT2D eigenvalue weighted by atomic mass is 19.4. The molecule has 0 radical (unpaired) electrons. The molecule has 0 unspecified atom stereocenters. The van der Waals surface area contributed by atoms with Gasteiger partial charge in [0.05, 0.1) is 0 Å². The van der Waals surface area contributed by atoms with Gasteiger partial charge in [0.1, 0.15) is 0 Å². The summed E-state index contributed by atoms with van der Waals surface area (Å²) in [4.78, 5) is 21.0. The molecule has 0 heterocycles.